The van der Waals surface area contributed by atoms with Gasteiger partial charge < -0.3 is 16.2 Å². The van der Waals surface area contributed by atoms with Gasteiger partial charge in [0.25, 0.3) is 5.91 Å². The van der Waals surface area contributed by atoms with E-state index < -0.39 is 23.7 Å². The minimum Gasteiger partial charge on any atom is -0.481 e. The number of anilines is 1. The van der Waals surface area contributed by atoms with Gasteiger partial charge in [-0.3, -0.25) is 14.4 Å². The first-order chi connectivity index (χ1) is 14.1. The Labute approximate surface area is 180 Å². The van der Waals surface area contributed by atoms with Crippen LogP contribution in [-0.2, 0) is 22.4 Å². The number of thiophene rings is 1. The monoisotopic (exact) mass is 430 g/mol. The molecule has 30 heavy (non-hydrogen) atoms. The molecule has 0 saturated heterocycles. The highest BCUT2D eigenvalue weighted by atomic mass is 32.1. The largest absolute Gasteiger partial charge is 0.481 e. The smallest absolute Gasteiger partial charge is 0.307 e. The molecule has 0 aromatic carbocycles. The number of nitrogens with two attached hydrogens (primary N) is 1. The van der Waals surface area contributed by atoms with Crippen LogP contribution in [0.15, 0.2) is 12.2 Å². The van der Waals surface area contributed by atoms with Crippen molar-refractivity contribution in [2.75, 3.05) is 5.32 Å². The van der Waals surface area contributed by atoms with Crippen molar-refractivity contribution in [1.29, 1.82) is 0 Å². The predicted octanol–water partition coefficient (Wildman–Crippen LogP) is 3.85. The van der Waals surface area contributed by atoms with Crippen LogP contribution in [0.3, 0.4) is 0 Å². The molecule has 1 aromatic rings. The van der Waals surface area contributed by atoms with Gasteiger partial charge in [-0.2, -0.15) is 0 Å². The summed E-state index contributed by atoms with van der Waals surface area (Å²) >= 11 is 1.44. The van der Waals surface area contributed by atoms with Crippen LogP contribution in [-0.4, -0.2) is 22.9 Å². The number of carbonyl (C=O) groups excluding carboxylic acids is 2. The number of fused-ring (bicyclic) bond motifs is 3. The van der Waals surface area contributed by atoms with Crippen LogP contribution in [0.25, 0.3) is 0 Å². The van der Waals surface area contributed by atoms with Gasteiger partial charge in [0, 0.05) is 4.88 Å². The van der Waals surface area contributed by atoms with Gasteiger partial charge in [0.05, 0.1) is 17.4 Å². The Morgan fingerprint density at radius 3 is 2.50 bits per heavy atom. The molecule has 3 aliphatic rings. The summed E-state index contributed by atoms with van der Waals surface area (Å²) in [5, 5.41) is 13.0. The van der Waals surface area contributed by atoms with Crippen molar-refractivity contribution in [3.05, 3.63) is 28.2 Å². The summed E-state index contributed by atoms with van der Waals surface area (Å²) in [7, 11) is 0. The molecule has 0 spiro atoms. The summed E-state index contributed by atoms with van der Waals surface area (Å²) in [4.78, 5) is 38.3. The number of rotatable bonds is 6. The van der Waals surface area contributed by atoms with E-state index in [2.05, 4.69) is 26.1 Å². The fourth-order valence-electron chi connectivity index (χ4n) is 5.60. The van der Waals surface area contributed by atoms with Crippen LogP contribution in [0.2, 0.25) is 0 Å². The Morgan fingerprint density at radius 1 is 1.23 bits per heavy atom. The van der Waals surface area contributed by atoms with Gasteiger partial charge in [-0.1, -0.05) is 39.3 Å². The molecule has 1 saturated carbocycles. The van der Waals surface area contributed by atoms with Gasteiger partial charge in [0.15, 0.2) is 0 Å². The Bertz CT molecular complexity index is 932. The van der Waals surface area contributed by atoms with E-state index in [1.165, 1.54) is 11.3 Å². The fraction of sp³-hybridized carbons (Fsp3) is 0.609. The first-order valence-electron chi connectivity index (χ1n) is 10.8. The van der Waals surface area contributed by atoms with E-state index in [4.69, 9.17) is 5.73 Å². The lowest BCUT2D eigenvalue weighted by molar-refractivity contribution is -0.146. The van der Waals surface area contributed by atoms with Crippen molar-refractivity contribution in [3.63, 3.8) is 0 Å². The molecule has 2 bridgehead atoms. The lowest BCUT2D eigenvalue weighted by Crippen LogP contribution is -2.36. The topological polar surface area (TPSA) is 109 Å². The predicted molar refractivity (Wildman–Crippen MR) is 116 cm³/mol. The van der Waals surface area contributed by atoms with Gasteiger partial charge >= 0.3 is 5.97 Å². The van der Waals surface area contributed by atoms with Crippen LogP contribution in [0.1, 0.15) is 60.8 Å². The normalized spacial score (nSPS) is 29.6. The summed E-state index contributed by atoms with van der Waals surface area (Å²) in [5.74, 6) is -2.72. The van der Waals surface area contributed by atoms with Crippen LogP contribution in [0.5, 0.6) is 0 Å². The molecule has 4 rings (SSSR count). The summed E-state index contributed by atoms with van der Waals surface area (Å²) in [6.07, 6.45) is 8.32. The average Bonchev–Trinajstić information content (AvgIpc) is 3.39. The molecular weight excluding hydrogens is 400 g/mol. The highest BCUT2D eigenvalue weighted by molar-refractivity contribution is 7.17. The first-order valence-corrected chi connectivity index (χ1v) is 11.6. The van der Waals surface area contributed by atoms with Crippen molar-refractivity contribution >= 4 is 34.1 Å². The molecule has 162 valence electrons. The lowest BCUT2D eigenvalue weighted by Gasteiger charge is -2.36. The second kappa shape index (κ2) is 7.52. The maximum Gasteiger partial charge on any atom is 0.307 e. The zero-order chi connectivity index (χ0) is 21.8. The summed E-state index contributed by atoms with van der Waals surface area (Å²) in [5.41, 5.74) is 7.30. The Kier molecular flexibility index (Phi) is 5.29. The van der Waals surface area contributed by atoms with E-state index in [1.807, 2.05) is 12.2 Å². The molecule has 1 fully saturated rings. The number of hydrogen-bond acceptors (Lipinski definition) is 4. The van der Waals surface area contributed by atoms with Crippen LogP contribution < -0.4 is 11.1 Å². The standard InChI is InChI=1S/C23H30N2O4S/c1-4-23(2,3)13-7-8-14-15(10-13)30-21(18(14)19(24)26)25-20(27)16-11-5-6-12(9-11)17(16)22(28)29/h5-6,11-13,16-17H,4,7-10H2,1-3H3,(H2,24,26)(H,25,27)(H,28,29)/t11-,12+,13+,16-,17+/m1/s1. The number of carboxylic acids is 1. The number of hydrogen-bond donors (Lipinski definition) is 3. The number of aliphatic carboxylic acids is 1. The fourth-order valence-corrected chi connectivity index (χ4v) is 6.94. The summed E-state index contributed by atoms with van der Waals surface area (Å²) in [6.45, 7) is 6.76. The molecule has 6 nitrogen and oxygen atoms in total. The second-order valence-electron chi connectivity index (χ2n) is 9.68. The molecule has 2 amide bonds. The van der Waals surface area contributed by atoms with Crippen LogP contribution in [0.4, 0.5) is 5.00 Å². The van der Waals surface area contributed by atoms with E-state index in [-0.39, 0.29) is 23.2 Å². The molecule has 4 N–H and O–H groups in total. The zero-order valence-corrected chi connectivity index (χ0v) is 18.6. The first kappa shape index (κ1) is 21.1. The number of primary amides is 1. The van der Waals surface area contributed by atoms with Crippen LogP contribution >= 0.6 is 11.3 Å². The Hall–Kier alpha value is -2.15. The van der Waals surface area contributed by atoms with E-state index in [9.17, 15) is 19.5 Å². The third kappa shape index (κ3) is 3.37. The molecule has 3 aliphatic carbocycles. The third-order valence-corrected chi connectivity index (χ3v) is 8.98. The molecule has 1 heterocycles. The van der Waals surface area contributed by atoms with E-state index in [0.29, 0.717) is 22.9 Å². The van der Waals surface area contributed by atoms with Crippen molar-refractivity contribution in [3.8, 4) is 0 Å². The SMILES string of the molecule is CCC(C)(C)[C@H]1CCc2c(sc(NC(=O)[C@H]3[C@@H](C(=O)O)[C@H]4C=C[C@@H]3C4)c2C(N)=O)C1. The summed E-state index contributed by atoms with van der Waals surface area (Å²) in [6, 6.07) is 0. The number of allylic oxidation sites excluding steroid dienone is 2. The van der Waals surface area contributed by atoms with Gasteiger partial charge in [0.2, 0.25) is 5.91 Å². The Morgan fingerprint density at radius 2 is 1.90 bits per heavy atom. The van der Waals surface area contributed by atoms with Crippen molar-refractivity contribution in [2.45, 2.75) is 52.9 Å². The second-order valence-corrected chi connectivity index (χ2v) is 10.8. The maximum atomic E-state index is 13.1. The number of carbonyl (C=O) groups is 3. The van der Waals surface area contributed by atoms with Gasteiger partial charge in [-0.05, 0) is 54.4 Å². The highest BCUT2D eigenvalue weighted by Crippen LogP contribution is 2.49. The minimum absolute atomic E-state index is 0.0579. The third-order valence-electron chi connectivity index (χ3n) is 7.81. The van der Waals surface area contributed by atoms with Crippen LogP contribution in [0, 0.1) is 35.0 Å². The molecule has 1 aromatic heterocycles. The molecular formula is C23H30N2O4S. The molecule has 7 heteroatoms. The zero-order valence-electron chi connectivity index (χ0n) is 17.7. The molecule has 5 atom stereocenters. The molecule has 0 unspecified atom stereocenters. The van der Waals surface area contributed by atoms with E-state index in [1.54, 1.807) is 0 Å². The molecule has 0 radical (unpaired) electrons. The minimum atomic E-state index is -0.933. The number of carboxylic acid groups (broad SMARTS) is 1. The van der Waals surface area contributed by atoms with Crippen molar-refractivity contribution in [2.24, 2.45) is 40.7 Å². The van der Waals surface area contributed by atoms with Crippen molar-refractivity contribution in [1.82, 2.24) is 0 Å². The van der Waals surface area contributed by atoms with Crippen molar-refractivity contribution < 1.29 is 19.5 Å². The Balaban J connectivity index is 1.61. The van der Waals surface area contributed by atoms with E-state index in [0.717, 1.165) is 36.1 Å². The number of amides is 2. The van der Waals surface area contributed by atoms with Gasteiger partial charge in [-0.15, -0.1) is 11.3 Å². The summed E-state index contributed by atoms with van der Waals surface area (Å²) < 4.78 is 0. The van der Waals surface area contributed by atoms with E-state index >= 15 is 0 Å². The maximum absolute atomic E-state index is 13.1. The lowest BCUT2D eigenvalue weighted by atomic mass is 9.69. The van der Waals surface area contributed by atoms with Gasteiger partial charge in [0.1, 0.15) is 5.00 Å². The quantitative estimate of drug-likeness (QED) is 0.596. The van der Waals surface area contributed by atoms with Gasteiger partial charge in [-0.25, -0.2) is 0 Å². The average molecular weight is 431 g/mol. The highest BCUT2D eigenvalue weighted by Gasteiger charge is 2.52. The number of nitrogens with one attached hydrogen (secondary N) is 1. The molecule has 0 aliphatic heterocycles.